The SMILES string of the molecule is Cc1ccc(O)c(C(=O)N(C)Cc2ccc(C(=O)NC3CC3)cc2)c1. The van der Waals surface area contributed by atoms with E-state index in [1.165, 1.54) is 6.07 Å². The standard InChI is InChI=1S/C20H22N2O3/c1-13-3-10-18(23)17(11-13)20(25)22(2)12-14-4-6-15(7-5-14)19(24)21-16-8-9-16/h3-7,10-11,16,23H,8-9,12H2,1-2H3,(H,21,24). The summed E-state index contributed by atoms with van der Waals surface area (Å²) in [4.78, 5) is 26.1. The second-order valence-electron chi connectivity index (χ2n) is 6.63. The van der Waals surface area contributed by atoms with Crippen molar-refractivity contribution in [3.63, 3.8) is 0 Å². The van der Waals surface area contributed by atoms with Crippen LogP contribution in [0.3, 0.4) is 0 Å². The summed E-state index contributed by atoms with van der Waals surface area (Å²) in [6.07, 6.45) is 2.12. The number of benzene rings is 2. The third-order valence-corrected chi connectivity index (χ3v) is 4.28. The molecule has 1 saturated carbocycles. The number of rotatable bonds is 5. The van der Waals surface area contributed by atoms with Gasteiger partial charge in [0, 0.05) is 25.2 Å². The summed E-state index contributed by atoms with van der Waals surface area (Å²) in [6.45, 7) is 2.28. The molecule has 1 aliphatic carbocycles. The largest absolute Gasteiger partial charge is 0.507 e. The molecule has 1 aliphatic rings. The molecule has 0 bridgehead atoms. The smallest absolute Gasteiger partial charge is 0.257 e. The molecule has 0 saturated heterocycles. The zero-order valence-electron chi connectivity index (χ0n) is 14.5. The first-order valence-electron chi connectivity index (χ1n) is 8.39. The van der Waals surface area contributed by atoms with E-state index in [4.69, 9.17) is 0 Å². The molecule has 0 aliphatic heterocycles. The molecule has 3 rings (SSSR count). The van der Waals surface area contributed by atoms with Gasteiger partial charge in [0.2, 0.25) is 0 Å². The van der Waals surface area contributed by atoms with Crippen molar-refractivity contribution in [3.8, 4) is 5.75 Å². The van der Waals surface area contributed by atoms with Gasteiger partial charge in [-0.1, -0.05) is 23.8 Å². The van der Waals surface area contributed by atoms with Crippen LogP contribution in [-0.4, -0.2) is 34.9 Å². The highest BCUT2D eigenvalue weighted by atomic mass is 16.3. The molecule has 25 heavy (non-hydrogen) atoms. The first kappa shape index (κ1) is 17.0. The lowest BCUT2D eigenvalue weighted by atomic mass is 10.1. The monoisotopic (exact) mass is 338 g/mol. The van der Waals surface area contributed by atoms with Crippen LogP contribution in [0.5, 0.6) is 5.75 Å². The van der Waals surface area contributed by atoms with Crippen molar-refractivity contribution < 1.29 is 14.7 Å². The summed E-state index contributed by atoms with van der Waals surface area (Å²) in [6, 6.07) is 12.5. The van der Waals surface area contributed by atoms with Gasteiger partial charge < -0.3 is 15.3 Å². The molecule has 1 fully saturated rings. The first-order chi connectivity index (χ1) is 11.9. The molecular formula is C20H22N2O3. The van der Waals surface area contributed by atoms with Gasteiger partial charge in [0.25, 0.3) is 11.8 Å². The van der Waals surface area contributed by atoms with E-state index in [1.54, 1.807) is 36.2 Å². The molecule has 5 nitrogen and oxygen atoms in total. The number of phenols is 1. The quantitative estimate of drug-likeness (QED) is 0.881. The molecule has 130 valence electrons. The third-order valence-electron chi connectivity index (χ3n) is 4.28. The molecular weight excluding hydrogens is 316 g/mol. The van der Waals surface area contributed by atoms with Gasteiger partial charge in [0.15, 0.2) is 0 Å². The van der Waals surface area contributed by atoms with Gasteiger partial charge in [-0.15, -0.1) is 0 Å². The Balaban J connectivity index is 1.65. The number of nitrogens with one attached hydrogen (secondary N) is 1. The lowest BCUT2D eigenvalue weighted by Gasteiger charge is -2.18. The van der Waals surface area contributed by atoms with Gasteiger partial charge >= 0.3 is 0 Å². The molecule has 2 aromatic carbocycles. The minimum Gasteiger partial charge on any atom is -0.507 e. The maximum Gasteiger partial charge on any atom is 0.257 e. The van der Waals surface area contributed by atoms with Gasteiger partial charge in [-0.2, -0.15) is 0 Å². The van der Waals surface area contributed by atoms with E-state index in [0.717, 1.165) is 24.0 Å². The fraction of sp³-hybridized carbons (Fsp3) is 0.300. The highest BCUT2D eigenvalue weighted by molar-refractivity contribution is 5.97. The van der Waals surface area contributed by atoms with Gasteiger partial charge in [0.05, 0.1) is 5.56 Å². The summed E-state index contributed by atoms with van der Waals surface area (Å²) >= 11 is 0. The zero-order valence-corrected chi connectivity index (χ0v) is 14.5. The second-order valence-corrected chi connectivity index (χ2v) is 6.63. The topological polar surface area (TPSA) is 69.6 Å². The van der Waals surface area contributed by atoms with Crippen LogP contribution in [0.1, 0.15) is 44.7 Å². The summed E-state index contributed by atoms with van der Waals surface area (Å²) in [7, 11) is 1.69. The number of hydrogen-bond acceptors (Lipinski definition) is 3. The van der Waals surface area contributed by atoms with Gasteiger partial charge in [-0.25, -0.2) is 0 Å². The summed E-state index contributed by atoms with van der Waals surface area (Å²) < 4.78 is 0. The first-order valence-corrected chi connectivity index (χ1v) is 8.39. The predicted octanol–water partition coefficient (Wildman–Crippen LogP) is 2.87. The third kappa shape index (κ3) is 4.18. The van der Waals surface area contributed by atoms with Crippen molar-refractivity contribution in [1.82, 2.24) is 10.2 Å². The van der Waals surface area contributed by atoms with Crippen LogP contribution in [0.25, 0.3) is 0 Å². The number of phenolic OH excluding ortho intramolecular Hbond substituents is 1. The van der Waals surface area contributed by atoms with Crippen LogP contribution < -0.4 is 5.32 Å². The molecule has 2 amide bonds. The Morgan fingerprint density at radius 1 is 1.16 bits per heavy atom. The lowest BCUT2D eigenvalue weighted by molar-refractivity contribution is 0.0781. The van der Waals surface area contributed by atoms with Crippen molar-refractivity contribution in [1.29, 1.82) is 0 Å². The van der Waals surface area contributed by atoms with Crippen LogP contribution in [-0.2, 0) is 6.54 Å². The van der Waals surface area contributed by atoms with E-state index < -0.39 is 0 Å². The minimum atomic E-state index is -0.239. The zero-order chi connectivity index (χ0) is 18.0. The summed E-state index contributed by atoms with van der Waals surface area (Å²) in [5.41, 5.74) is 2.76. The van der Waals surface area contributed by atoms with Crippen molar-refractivity contribution in [2.45, 2.75) is 32.4 Å². The Kier molecular flexibility index (Phi) is 4.74. The number of carbonyl (C=O) groups is 2. The lowest BCUT2D eigenvalue weighted by Crippen LogP contribution is -2.27. The predicted molar refractivity (Wildman–Crippen MR) is 95.6 cm³/mol. The van der Waals surface area contributed by atoms with Crippen LogP contribution in [0.2, 0.25) is 0 Å². The Bertz CT molecular complexity index is 795. The average Bonchev–Trinajstić information content (AvgIpc) is 3.41. The van der Waals surface area contributed by atoms with E-state index in [-0.39, 0.29) is 17.6 Å². The Morgan fingerprint density at radius 2 is 1.84 bits per heavy atom. The van der Waals surface area contributed by atoms with Crippen LogP contribution in [0.15, 0.2) is 42.5 Å². The Hall–Kier alpha value is -2.82. The van der Waals surface area contributed by atoms with E-state index in [1.807, 2.05) is 19.1 Å². The van der Waals surface area contributed by atoms with Gasteiger partial charge in [0.1, 0.15) is 5.75 Å². The molecule has 0 radical (unpaired) electrons. The molecule has 0 spiro atoms. The maximum absolute atomic E-state index is 12.5. The number of aromatic hydroxyl groups is 1. The Morgan fingerprint density at radius 3 is 2.48 bits per heavy atom. The van der Waals surface area contributed by atoms with Gasteiger partial charge in [-0.05, 0) is 49.6 Å². The molecule has 5 heteroatoms. The normalized spacial score (nSPS) is 13.4. The van der Waals surface area contributed by atoms with E-state index in [9.17, 15) is 14.7 Å². The van der Waals surface area contributed by atoms with Crippen molar-refractivity contribution in [3.05, 3.63) is 64.7 Å². The average molecular weight is 338 g/mol. The number of aryl methyl sites for hydroxylation is 1. The highest BCUT2D eigenvalue weighted by Gasteiger charge is 2.23. The van der Waals surface area contributed by atoms with Crippen molar-refractivity contribution in [2.24, 2.45) is 0 Å². The molecule has 2 N–H and O–H groups in total. The highest BCUT2D eigenvalue weighted by Crippen LogP contribution is 2.21. The minimum absolute atomic E-state index is 0.0189. The van der Waals surface area contributed by atoms with Crippen molar-refractivity contribution >= 4 is 11.8 Å². The second kappa shape index (κ2) is 6.97. The number of carbonyl (C=O) groups excluding carboxylic acids is 2. The van der Waals surface area contributed by atoms with Gasteiger partial charge in [-0.3, -0.25) is 9.59 Å². The van der Waals surface area contributed by atoms with Crippen LogP contribution >= 0.6 is 0 Å². The summed E-state index contributed by atoms with van der Waals surface area (Å²) in [5, 5.41) is 12.9. The molecule has 2 aromatic rings. The maximum atomic E-state index is 12.5. The van der Waals surface area contributed by atoms with E-state index in [2.05, 4.69) is 5.32 Å². The molecule has 0 unspecified atom stereocenters. The summed E-state index contributed by atoms with van der Waals surface area (Å²) in [5.74, 6) is -0.311. The molecule has 0 heterocycles. The van der Waals surface area contributed by atoms with Crippen LogP contribution in [0.4, 0.5) is 0 Å². The van der Waals surface area contributed by atoms with Crippen LogP contribution in [0, 0.1) is 6.92 Å². The fourth-order valence-corrected chi connectivity index (χ4v) is 2.63. The van der Waals surface area contributed by atoms with E-state index >= 15 is 0 Å². The van der Waals surface area contributed by atoms with E-state index in [0.29, 0.717) is 23.7 Å². The van der Waals surface area contributed by atoms with Crippen molar-refractivity contribution in [2.75, 3.05) is 7.05 Å². The Labute approximate surface area is 147 Å². The fourth-order valence-electron chi connectivity index (χ4n) is 2.63. The number of nitrogens with zero attached hydrogens (tertiary/aromatic N) is 1. The number of hydrogen-bond donors (Lipinski definition) is 2. The number of amides is 2. The molecule has 0 atom stereocenters. The molecule has 0 aromatic heterocycles.